The number of amides is 1. The number of aryl methyl sites for hydroxylation is 2. The number of aliphatic hydroxyl groups is 1. The molecule has 0 aliphatic carbocycles. The van der Waals surface area contributed by atoms with E-state index in [-0.39, 0.29) is 19.1 Å². The van der Waals surface area contributed by atoms with E-state index >= 15 is 0 Å². The average molecular weight is 299 g/mol. The molecule has 4 nitrogen and oxygen atoms in total. The second-order valence-corrected chi connectivity index (χ2v) is 5.28. The molecule has 1 amide bonds. The molecule has 2 aromatic rings. The Bertz CT molecular complexity index is 635. The van der Waals surface area contributed by atoms with Gasteiger partial charge in [-0.2, -0.15) is 0 Å². The highest BCUT2D eigenvalue weighted by molar-refractivity contribution is 5.91. The monoisotopic (exact) mass is 299 g/mol. The fourth-order valence-electron chi connectivity index (χ4n) is 2.19. The zero-order chi connectivity index (χ0) is 15.9. The van der Waals surface area contributed by atoms with Crippen molar-refractivity contribution in [2.24, 2.45) is 0 Å². The normalized spacial score (nSPS) is 10.3. The van der Waals surface area contributed by atoms with Gasteiger partial charge in [0.15, 0.2) is 6.61 Å². The summed E-state index contributed by atoms with van der Waals surface area (Å²) in [5.74, 6) is 0.522. The molecule has 0 saturated heterocycles. The molecule has 2 aromatic carbocycles. The van der Waals surface area contributed by atoms with Gasteiger partial charge in [0.25, 0.3) is 5.91 Å². The summed E-state index contributed by atoms with van der Waals surface area (Å²) in [5.41, 5.74) is 3.93. The van der Waals surface area contributed by atoms with Crippen molar-refractivity contribution in [1.29, 1.82) is 0 Å². The molecule has 0 radical (unpaired) electrons. The van der Waals surface area contributed by atoms with Crippen LogP contribution in [0.4, 0.5) is 5.69 Å². The summed E-state index contributed by atoms with van der Waals surface area (Å²) in [6, 6.07) is 13.3. The second kappa shape index (κ2) is 7.61. The molecule has 2 N–H and O–H groups in total. The fraction of sp³-hybridized carbons (Fsp3) is 0.278. The molecule has 0 unspecified atom stereocenters. The minimum Gasteiger partial charge on any atom is -0.483 e. The van der Waals surface area contributed by atoms with Crippen LogP contribution in [0.5, 0.6) is 5.75 Å². The molecule has 0 saturated carbocycles. The van der Waals surface area contributed by atoms with E-state index in [1.807, 2.05) is 56.3 Å². The molecule has 0 aliphatic heterocycles. The van der Waals surface area contributed by atoms with Crippen LogP contribution in [-0.2, 0) is 11.2 Å². The van der Waals surface area contributed by atoms with E-state index in [0.717, 1.165) is 28.1 Å². The average Bonchev–Trinajstić information content (AvgIpc) is 2.49. The van der Waals surface area contributed by atoms with E-state index in [1.54, 1.807) is 0 Å². The third-order valence-electron chi connectivity index (χ3n) is 3.33. The molecule has 22 heavy (non-hydrogen) atoms. The van der Waals surface area contributed by atoms with Gasteiger partial charge in [0, 0.05) is 12.3 Å². The molecule has 0 spiro atoms. The van der Waals surface area contributed by atoms with Crippen LogP contribution in [0.3, 0.4) is 0 Å². The number of benzene rings is 2. The number of carbonyl (C=O) groups excluding carboxylic acids is 1. The Labute approximate surface area is 130 Å². The van der Waals surface area contributed by atoms with Crippen LogP contribution in [0, 0.1) is 13.8 Å². The van der Waals surface area contributed by atoms with Crippen molar-refractivity contribution in [3.63, 3.8) is 0 Å². The van der Waals surface area contributed by atoms with E-state index in [0.29, 0.717) is 6.42 Å². The van der Waals surface area contributed by atoms with Crippen LogP contribution in [0.2, 0.25) is 0 Å². The molecule has 0 heterocycles. The Morgan fingerprint density at radius 3 is 2.50 bits per heavy atom. The number of rotatable bonds is 6. The lowest BCUT2D eigenvalue weighted by molar-refractivity contribution is -0.118. The van der Waals surface area contributed by atoms with Crippen LogP contribution in [0.15, 0.2) is 42.5 Å². The zero-order valence-electron chi connectivity index (χ0n) is 12.9. The van der Waals surface area contributed by atoms with Crippen molar-refractivity contribution in [3.8, 4) is 5.75 Å². The molecule has 0 fully saturated rings. The van der Waals surface area contributed by atoms with Crippen LogP contribution in [-0.4, -0.2) is 24.2 Å². The van der Waals surface area contributed by atoms with Crippen molar-refractivity contribution >= 4 is 11.6 Å². The number of hydrogen-bond donors (Lipinski definition) is 2. The van der Waals surface area contributed by atoms with Gasteiger partial charge in [-0.15, -0.1) is 0 Å². The summed E-state index contributed by atoms with van der Waals surface area (Å²) < 4.78 is 5.54. The summed E-state index contributed by atoms with van der Waals surface area (Å²) >= 11 is 0. The van der Waals surface area contributed by atoms with Gasteiger partial charge in [-0.25, -0.2) is 0 Å². The first-order valence-corrected chi connectivity index (χ1v) is 7.28. The number of aliphatic hydroxyl groups excluding tert-OH is 1. The molecule has 0 aromatic heterocycles. The van der Waals surface area contributed by atoms with E-state index in [4.69, 9.17) is 9.84 Å². The van der Waals surface area contributed by atoms with Crippen LogP contribution in [0.1, 0.15) is 16.7 Å². The van der Waals surface area contributed by atoms with Crippen LogP contribution in [0.25, 0.3) is 0 Å². The lowest BCUT2D eigenvalue weighted by Gasteiger charge is -2.10. The lowest BCUT2D eigenvalue weighted by Crippen LogP contribution is -2.20. The van der Waals surface area contributed by atoms with Gasteiger partial charge < -0.3 is 15.2 Å². The van der Waals surface area contributed by atoms with Crippen LogP contribution < -0.4 is 10.1 Å². The zero-order valence-corrected chi connectivity index (χ0v) is 12.9. The van der Waals surface area contributed by atoms with Gasteiger partial charge >= 0.3 is 0 Å². The molecule has 0 aliphatic rings. The third-order valence-corrected chi connectivity index (χ3v) is 3.33. The van der Waals surface area contributed by atoms with E-state index in [1.165, 1.54) is 0 Å². The Hall–Kier alpha value is -2.33. The molecule has 0 bridgehead atoms. The van der Waals surface area contributed by atoms with E-state index in [2.05, 4.69) is 5.32 Å². The lowest BCUT2D eigenvalue weighted by atomic mass is 10.1. The fourth-order valence-corrected chi connectivity index (χ4v) is 2.19. The van der Waals surface area contributed by atoms with E-state index < -0.39 is 0 Å². The van der Waals surface area contributed by atoms with Crippen molar-refractivity contribution in [1.82, 2.24) is 0 Å². The quantitative estimate of drug-likeness (QED) is 0.862. The molecule has 116 valence electrons. The number of carbonyl (C=O) groups is 1. The largest absolute Gasteiger partial charge is 0.483 e. The first kappa shape index (κ1) is 16.0. The molecule has 0 atom stereocenters. The summed E-state index contributed by atoms with van der Waals surface area (Å²) in [7, 11) is 0. The molecular weight excluding hydrogens is 278 g/mol. The first-order chi connectivity index (χ1) is 10.6. The highest BCUT2D eigenvalue weighted by atomic mass is 16.5. The summed E-state index contributed by atoms with van der Waals surface area (Å²) in [4.78, 5) is 11.9. The highest BCUT2D eigenvalue weighted by Crippen LogP contribution is 2.18. The van der Waals surface area contributed by atoms with Crippen molar-refractivity contribution in [3.05, 3.63) is 59.2 Å². The minimum absolute atomic E-state index is 0.0255. The topological polar surface area (TPSA) is 58.6 Å². The standard InChI is InChI=1S/C18H21NO3/c1-13-3-8-17(14(2)11-13)22-12-18(21)19-16-6-4-15(5-7-16)9-10-20/h3-8,11,20H,9-10,12H2,1-2H3,(H,19,21). The summed E-state index contributed by atoms with van der Waals surface area (Å²) in [6.45, 7) is 4.07. The van der Waals surface area contributed by atoms with Crippen molar-refractivity contribution < 1.29 is 14.6 Å². The minimum atomic E-state index is -0.199. The Morgan fingerprint density at radius 2 is 1.86 bits per heavy atom. The first-order valence-electron chi connectivity index (χ1n) is 7.28. The Morgan fingerprint density at radius 1 is 1.14 bits per heavy atom. The van der Waals surface area contributed by atoms with E-state index in [9.17, 15) is 4.79 Å². The number of nitrogens with one attached hydrogen (secondary N) is 1. The van der Waals surface area contributed by atoms with Crippen molar-refractivity contribution in [2.75, 3.05) is 18.5 Å². The SMILES string of the molecule is Cc1ccc(OCC(=O)Nc2ccc(CCO)cc2)c(C)c1. The molecular formula is C18H21NO3. The summed E-state index contributed by atoms with van der Waals surface area (Å²) in [6.07, 6.45) is 0.615. The van der Waals surface area contributed by atoms with Gasteiger partial charge in [0.05, 0.1) is 0 Å². The summed E-state index contributed by atoms with van der Waals surface area (Å²) in [5, 5.41) is 11.7. The third kappa shape index (κ3) is 4.60. The number of anilines is 1. The second-order valence-electron chi connectivity index (χ2n) is 5.28. The van der Waals surface area contributed by atoms with Gasteiger partial charge in [0.2, 0.25) is 0 Å². The maximum Gasteiger partial charge on any atom is 0.262 e. The molecule has 2 rings (SSSR count). The molecule has 4 heteroatoms. The van der Waals surface area contributed by atoms with Gasteiger partial charge in [-0.05, 0) is 49.6 Å². The number of hydrogen-bond acceptors (Lipinski definition) is 3. The Kier molecular flexibility index (Phi) is 5.55. The number of ether oxygens (including phenoxy) is 1. The smallest absolute Gasteiger partial charge is 0.262 e. The van der Waals surface area contributed by atoms with Gasteiger partial charge in [0.1, 0.15) is 5.75 Å². The highest BCUT2D eigenvalue weighted by Gasteiger charge is 2.06. The van der Waals surface area contributed by atoms with Gasteiger partial charge in [-0.3, -0.25) is 4.79 Å². The predicted octanol–water partition coefficient (Wildman–Crippen LogP) is 2.86. The predicted molar refractivity (Wildman–Crippen MR) is 87.3 cm³/mol. The Balaban J connectivity index is 1.87. The van der Waals surface area contributed by atoms with Gasteiger partial charge in [-0.1, -0.05) is 29.8 Å². The van der Waals surface area contributed by atoms with Crippen LogP contribution >= 0.6 is 0 Å². The van der Waals surface area contributed by atoms with Crippen molar-refractivity contribution in [2.45, 2.75) is 20.3 Å². The maximum absolute atomic E-state index is 11.9. The maximum atomic E-state index is 11.9.